The van der Waals surface area contributed by atoms with Gasteiger partial charge in [0.05, 0.1) is 16.3 Å². The van der Waals surface area contributed by atoms with Crippen LogP contribution in [0.3, 0.4) is 0 Å². The number of hydrogen-bond donors (Lipinski definition) is 1. The van der Waals surface area contributed by atoms with Crippen LogP contribution < -0.4 is 5.32 Å². The molecule has 0 bridgehead atoms. The van der Waals surface area contributed by atoms with E-state index >= 15 is 0 Å². The normalized spacial score (nSPS) is 11.6. The summed E-state index contributed by atoms with van der Waals surface area (Å²) in [6, 6.07) is 3.95. The fraction of sp³-hybridized carbons (Fsp3) is 0.235. The fourth-order valence-corrected chi connectivity index (χ4v) is 3.49. The van der Waals surface area contributed by atoms with Crippen molar-refractivity contribution in [3.63, 3.8) is 0 Å². The van der Waals surface area contributed by atoms with Gasteiger partial charge in [0.15, 0.2) is 0 Å². The van der Waals surface area contributed by atoms with Crippen molar-refractivity contribution in [3.05, 3.63) is 63.8 Å². The van der Waals surface area contributed by atoms with E-state index in [0.717, 1.165) is 23.5 Å². The van der Waals surface area contributed by atoms with Crippen LogP contribution >= 0.6 is 11.3 Å². The van der Waals surface area contributed by atoms with Gasteiger partial charge in [-0.25, -0.2) is 9.37 Å². The predicted molar refractivity (Wildman–Crippen MR) is 92.2 cm³/mol. The molecule has 0 spiro atoms. The highest BCUT2D eigenvalue weighted by molar-refractivity contribution is 7.16. The smallest absolute Gasteiger partial charge is 0.311 e. The van der Waals surface area contributed by atoms with Gasteiger partial charge in [-0.1, -0.05) is 0 Å². The minimum absolute atomic E-state index is 0.0218. The zero-order valence-corrected chi connectivity index (χ0v) is 15.1. The monoisotopic (exact) mass is 398 g/mol. The summed E-state index contributed by atoms with van der Waals surface area (Å²) in [4.78, 5) is 16.5. The summed E-state index contributed by atoms with van der Waals surface area (Å²) < 4.78 is 53.4. The lowest BCUT2D eigenvalue weighted by Gasteiger charge is -2.08. The molecule has 0 unspecified atom stereocenters. The summed E-state index contributed by atoms with van der Waals surface area (Å²) in [5.74, 6) is -1.34. The molecular weight excluding hydrogens is 384 g/mol. The lowest BCUT2D eigenvalue weighted by Crippen LogP contribution is -2.15. The Morgan fingerprint density at radius 1 is 1.30 bits per heavy atom. The van der Waals surface area contributed by atoms with Crippen LogP contribution in [0.4, 0.5) is 22.6 Å². The Bertz CT molecular complexity index is 993. The molecule has 3 aromatic rings. The van der Waals surface area contributed by atoms with Gasteiger partial charge in [-0.15, -0.1) is 11.3 Å². The second-order valence-electron chi connectivity index (χ2n) is 5.84. The molecule has 0 atom stereocenters. The number of carbonyl (C=O) groups is 1. The van der Waals surface area contributed by atoms with Crippen LogP contribution in [0.5, 0.6) is 0 Å². The second kappa shape index (κ2) is 7.10. The van der Waals surface area contributed by atoms with Crippen molar-refractivity contribution in [2.75, 3.05) is 5.32 Å². The Morgan fingerprint density at radius 2 is 2.04 bits per heavy atom. The van der Waals surface area contributed by atoms with Gasteiger partial charge >= 0.3 is 6.18 Å². The molecule has 0 aliphatic rings. The van der Waals surface area contributed by atoms with Crippen LogP contribution in [0.2, 0.25) is 0 Å². The molecule has 27 heavy (non-hydrogen) atoms. The SMILES string of the molecule is Cc1nc(Cc2cc(F)cc(C(F)(F)F)c2)sc1NC(=O)c1ccnn1C. The molecule has 142 valence electrons. The first kappa shape index (κ1) is 19.0. The Kier molecular flexibility index (Phi) is 5.01. The molecule has 1 aromatic carbocycles. The van der Waals surface area contributed by atoms with E-state index in [1.165, 1.54) is 10.9 Å². The average Bonchev–Trinajstić information content (AvgIpc) is 3.12. The molecule has 0 aliphatic heterocycles. The van der Waals surface area contributed by atoms with Gasteiger partial charge < -0.3 is 5.32 Å². The highest BCUT2D eigenvalue weighted by Gasteiger charge is 2.31. The number of amides is 1. The van der Waals surface area contributed by atoms with Crippen molar-refractivity contribution in [2.24, 2.45) is 7.05 Å². The van der Waals surface area contributed by atoms with Gasteiger partial charge in [-0.2, -0.15) is 18.3 Å². The summed E-state index contributed by atoms with van der Waals surface area (Å²) in [6.07, 6.45) is -3.12. The number of halogens is 4. The van der Waals surface area contributed by atoms with E-state index in [4.69, 9.17) is 0 Å². The molecule has 5 nitrogen and oxygen atoms in total. The van der Waals surface area contributed by atoms with Gasteiger partial charge in [0.2, 0.25) is 0 Å². The van der Waals surface area contributed by atoms with E-state index in [0.29, 0.717) is 27.5 Å². The Hall–Kier alpha value is -2.75. The molecule has 10 heteroatoms. The molecule has 3 rings (SSSR count). The molecule has 2 heterocycles. The van der Waals surface area contributed by atoms with E-state index in [2.05, 4.69) is 15.4 Å². The third-order valence-corrected chi connectivity index (χ3v) is 4.83. The first-order chi connectivity index (χ1) is 12.6. The molecule has 1 N–H and O–H groups in total. The first-order valence-corrected chi connectivity index (χ1v) is 8.57. The Morgan fingerprint density at radius 3 is 2.67 bits per heavy atom. The Labute approximate surface area is 155 Å². The number of nitrogens with zero attached hydrogens (tertiary/aromatic N) is 3. The van der Waals surface area contributed by atoms with Crippen LogP contribution in [0.1, 0.15) is 32.3 Å². The number of anilines is 1. The largest absolute Gasteiger partial charge is 0.416 e. The maximum absolute atomic E-state index is 13.5. The molecule has 0 fully saturated rings. The molecular formula is C17H14F4N4OS. The summed E-state index contributed by atoms with van der Waals surface area (Å²) in [5.41, 5.74) is -0.0154. The second-order valence-corrected chi connectivity index (χ2v) is 6.92. The third-order valence-electron chi connectivity index (χ3n) is 3.76. The number of carbonyl (C=O) groups excluding carboxylic acids is 1. The lowest BCUT2D eigenvalue weighted by molar-refractivity contribution is -0.137. The predicted octanol–water partition coefficient (Wildman–Crippen LogP) is 4.19. The average molecular weight is 398 g/mol. The standard InChI is InChI=1S/C17H14F4N4OS/c1-9-16(24-15(26)13-3-4-22-25(13)2)27-14(23-9)7-10-5-11(17(19,20)21)8-12(18)6-10/h3-6,8H,7H2,1-2H3,(H,24,26). The number of thiazole rings is 1. The topological polar surface area (TPSA) is 59.8 Å². The zero-order valence-electron chi connectivity index (χ0n) is 14.3. The van der Waals surface area contributed by atoms with Crippen LogP contribution in [0.25, 0.3) is 0 Å². The number of aryl methyl sites for hydroxylation is 2. The molecule has 0 aliphatic carbocycles. The molecule has 0 saturated carbocycles. The van der Waals surface area contributed by atoms with Crippen LogP contribution in [0.15, 0.2) is 30.5 Å². The van der Waals surface area contributed by atoms with Gasteiger partial charge in [-0.3, -0.25) is 9.48 Å². The lowest BCUT2D eigenvalue weighted by atomic mass is 10.1. The van der Waals surface area contributed by atoms with Crippen LogP contribution in [-0.4, -0.2) is 20.7 Å². The Balaban J connectivity index is 1.80. The maximum atomic E-state index is 13.5. The van der Waals surface area contributed by atoms with E-state index in [9.17, 15) is 22.4 Å². The van der Waals surface area contributed by atoms with Crippen molar-refractivity contribution < 1.29 is 22.4 Å². The van der Waals surface area contributed by atoms with Gasteiger partial charge in [0.1, 0.15) is 16.5 Å². The van der Waals surface area contributed by atoms with Crippen molar-refractivity contribution in [1.82, 2.24) is 14.8 Å². The molecule has 0 saturated heterocycles. The quantitative estimate of drug-likeness (QED) is 0.671. The van der Waals surface area contributed by atoms with E-state index in [-0.39, 0.29) is 17.9 Å². The summed E-state index contributed by atoms with van der Waals surface area (Å²) in [5, 5.41) is 7.56. The van der Waals surface area contributed by atoms with Crippen molar-refractivity contribution in [3.8, 4) is 0 Å². The minimum atomic E-state index is -4.63. The number of benzene rings is 1. The van der Waals surface area contributed by atoms with Gasteiger partial charge in [-0.05, 0) is 36.8 Å². The number of nitrogens with one attached hydrogen (secondary N) is 1. The molecule has 1 amide bonds. The third kappa shape index (κ3) is 4.33. The fourth-order valence-electron chi connectivity index (χ4n) is 2.50. The van der Waals surface area contributed by atoms with Crippen molar-refractivity contribution >= 4 is 22.2 Å². The number of hydrogen-bond acceptors (Lipinski definition) is 4. The minimum Gasteiger partial charge on any atom is -0.311 e. The highest BCUT2D eigenvalue weighted by atomic mass is 32.1. The maximum Gasteiger partial charge on any atom is 0.416 e. The van der Waals surface area contributed by atoms with Crippen molar-refractivity contribution in [2.45, 2.75) is 19.5 Å². The van der Waals surface area contributed by atoms with Crippen LogP contribution in [-0.2, 0) is 19.6 Å². The highest BCUT2D eigenvalue weighted by Crippen LogP contribution is 2.32. The van der Waals surface area contributed by atoms with Crippen molar-refractivity contribution in [1.29, 1.82) is 0 Å². The summed E-state index contributed by atoms with van der Waals surface area (Å²) >= 11 is 1.13. The van der Waals surface area contributed by atoms with Gasteiger partial charge in [0.25, 0.3) is 5.91 Å². The summed E-state index contributed by atoms with van der Waals surface area (Å²) in [7, 11) is 1.63. The van der Waals surface area contributed by atoms with E-state index < -0.39 is 17.6 Å². The number of alkyl halides is 3. The van der Waals surface area contributed by atoms with E-state index in [1.807, 2.05) is 0 Å². The van der Waals surface area contributed by atoms with E-state index in [1.54, 1.807) is 20.0 Å². The molecule has 0 radical (unpaired) electrons. The number of rotatable bonds is 4. The zero-order chi connectivity index (χ0) is 19.8. The van der Waals surface area contributed by atoms with Gasteiger partial charge in [0, 0.05) is 19.7 Å². The molecule has 2 aromatic heterocycles. The van der Waals surface area contributed by atoms with Crippen LogP contribution in [0, 0.1) is 12.7 Å². The summed E-state index contributed by atoms with van der Waals surface area (Å²) in [6.45, 7) is 1.67. The first-order valence-electron chi connectivity index (χ1n) is 7.76. The number of aromatic nitrogens is 3.